The normalized spacial score (nSPS) is 11.9. The second-order valence-corrected chi connectivity index (χ2v) is 6.05. The van der Waals surface area contributed by atoms with Crippen molar-refractivity contribution in [2.24, 2.45) is 0 Å². The van der Waals surface area contributed by atoms with Gasteiger partial charge in [-0.05, 0) is 32.6 Å². The van der Waals surface area contributed by atoms with Gasteiger partial charge >= 0.3 is 5.97 Å². The maximum atomic E-state index is 12.4. The van der Waals surface area contributed by atoms with E-state index in [1.54, 1.807) is 0 Å². The summed E-state index contributed by atoms with van der Waals surface area (Å²) in [6, 6.07) is 9.75. The summed E-state index contributed by atoms with van der Waals surface area (Å²) in [6.07, 6.45) is 2.80. The van der Waals surface area contributed by atoms with Gasteiger partial charge in [0.05, 0.1) is 24.3 Å². The van der Waals surface area contributed by atoms with Crippen LogP contribution in [0.15, 0.2) is 42.7 Å². The Bertz CT molecular complexity index is 742. The molecule has 2 rings (SSSR count). The molecule has 0 aliphatic rings. The summed E-state index contributed by atoms with van der Waals surface area (Å²) in [6.45, 7) is 2.48. The van der Waals surface area contributed by atoms with Crippen LogP contribution in [-0.4, -0.2) is 49.5 Å². The van der Waals surface area contributed by atoms with Crippen LogP contribution in [0.4, 0.5) is 0 Å². The van der Waals surface area contributed by atoms with Gasteiger partial charge in [0.25, 0.3) is 5.91 Å². The second-order valence-electron chi connectivity index (χ2n) is 6.05. The van der Waals surface area contributed by atoms with Gasteiger partial charge < -0.3 is 15.0 Å². The van der Waals surface area contributed by atoms with Crippen molar-refractivity contribution in [1.82, 2.24) is 15.2 Å². The number of nitrogens with zero attached hydrogens (tertiary/aromatic N) is 2. The minimum Gasteiger partial charge on any atom is -0.465 e. The van der Waals surface area contributed by atoms with Gasteiger partial charge in [-0.2, -0.15) is 0 Å². The van der Waals surface area contributed by atoms with Crippen LogP contribution in [0.2, 0.25) is 0 Å². The highest BCUT2D eigenvalue weighted by atomic mass is 16.5. The van der Waals surface area contributed by atoms with Crippen LogP contribution in [0.5, 0.6) is 0 Å². The number of esters is 1. The van der Waals surface area contributed by atoms with Crippen molar-refractivity contribution in [3.63, 3.8) is 0 Å². The van der Waals surface area contributed by atoms with E-state index in [0.717, 1.165) is 5.56 Å². The van der Waals surface area contributed by atoms with Crippen molar-refractivity contribution in [3.8, 4) is 0 Å². The van der Waals surface area contributed by atoms with Crippen LogP contribution in [-0.2, 0) is 4.74 Å². The molecule has 1 atom stereocenters. The molecule has 0 radical (unpaired) electrons. The van der Waals surface area contributed by atoms with Crippen LogP contribution in [0.25, 0.3) is 0 Å². The fourth-order valence-electron chi connectivity index (χ4n) is 2.47. The number of carbonyl (C=O) groups is 2. The fourth-order valence-corrected chi connectivity index (χ4v) is 2.47. The highest BCUT2D eigenvalue weighted by molar-refractivity contribution is 5.97. The summed E-state index contributed by atoms with van der Waals surface area (Å²) in [5.41, 5.74) is 2.88. The van der Waals surface area contributed by atoms with E-state index >= 15 is 0 Å². The minimum absolute atomic E-state index is 0.0429. The fraction of sp³-hybridized carbons (Fsp3) is 0.316. The van der Waals surface area contributed by atoms with Gasteiger partial charge in [0.15, 0.2) is 0 Å². The zero-order valence-corrected chi connectivity index (χ0v) is 14.9. The number of nitrogens with one attached hydrogen (secondary N) is 1. The number of pyridine rings is 1. The zero-order valence-electron chi connectivity index (χ0n) is 14.9. The SMILES string of the molecule is COC(=O)c1cncc(C(=O)NC[C@H](c2ccc(C)cc2)N(C)C)c1. The van der Waals surface area contributed by atoms with Gasteiger partial charge in [0, 0.05) is 18.9 Å². The molecule has 0 aliphatic carbocycles. The molecule has 0 bridgehead atoms. The lowest BCUT2D eigenvalue weighted by Crippen LogP contribution is -2.34. The van der Waals surface area contributed by atoms with E-state index in [-0.39, 0.29) is 17.5 Å². The number of methoxy groups -OCH3 is 1. The van der Waals surface area contributed by atoms with E-state index in [2.05, 4.69) is 39.3 Å². The summed E-state index contributed by atoms with van der Waals surface area (Å²) < 4.78 is 4.65. The third kappa shape index (κ3) is 4.87. The first-order valence-corrected chi connectivity index (χ1v) is 7.97. The van der Waals surface area contributed by atoms with Crippen LogP contribution in [0.3, 0.4) is 0 Å². The van der Waals surface area contributed by atoms with Crippen molar-refractivity contribution < 1.29 is 14.3 Å². The van der Waals surface area contributed by atoms with Crippen LogP contribution < -0.4 is 5.32 Å². The molecule has 1 heterocycles. The lowest BCUT2D eigenvalue weighted by atomic mass is 10.0. The lowest BCUT2D eigenvalue weighted by Gasteiger charge is -2.25. The lowest BCUT2D eigenvalue weighted by molar-refractivity contribution is 0.0600. The molecule has 1 aromatic heterocycles. The number of rotatable bonds is 6. The summed E-state index contributed by atoms with van der Waals surface area (Å²) in [5.74, 6) is -0.801. The molecule has 0 saturated carbocycles. The predicted molar refractivity (Wildman–Crippen MR) is 95.5 cm³/mol. The molecule has 1 N–H and O–H groups in total. The molecule has 2 aromatic rings. The van der Waals surface area contributed by atoms with Gasteiger partial charge in [-0.3, -0.25) is 9.78 Å². The minimum atomic E-state index is -0.520. The molecule has 25 heavy (non-hydrogen) atoms. The van der Waals surface area contributed by atoms with Crippen molar-refractivity contribution in [2.75, 3.05) is 27.7 Å². The maximum absolute atomic E-state index is 12.4. The summed E-state index contributed by atoms with van der Waals surface area (Å²) in [7, 11) is 5.23. The Morgan fingerprint density at radius 2 is 1.80 bits per heavy atom. The number of amides is 1. The number of aryl methyl sites for hydroxylation is 1. The highest BCUT2D eigenvalue weighted by Gasteiger charge is 2.17. The first-order chi connectivity index (χ1) is 11.9. The van der Waals surface area contributed by atoms with Crippen LogP contribution in [0.1, 0.15) is 37.9 Å². The average Bonchev–Trinajstić information content (AvgIpc) is 2.62. The Hall–Kier alpha value is -2.73. The van der Waals surface area contributed by atoms with Gasteiger partial charge in [0.1, 0.15) is 0 Å². The number of aromatic nitrogens is 1. The Kier molecular flexibility index (Phi) is 6.25. The monoisotopic (exact) mass is 341 g/mol. The quantitative estimate of drug-likeness (QED) is 0.816. The molecule has 0 unspecified atom stereocenters. The molecular formula is C19H23N3O3. The van der Waals surface area contributed by atoms with E-state index in [1.807, 2.05) is 25.9 Å². The molecule has 1 aromatic carbocycles. The molecule has 132 valence electrons. The number of likely N-dealkylation sites (N-methyl/N-ethyl adjacent to an activating group) is 1. The number of ether oxygens (including phenoxy) is 1. The molecule has 0 fully saturated rings. The summed E-state index contributed by atoms with van der Waals surface area (Å²) in [4.78, 5) is 29.9. The van der Waals surface area contributed by atoms with Crippen molar-refractivity contribution in [2.45, 2.75) is 13.0 Å². The topological polar surface area (TPSA) is 71.5 Å². The largest absolute Gasteiger partial charge is 0.465 e. The summed E-state index contributed by atoms with van der Waals surface area (Å²) >= 11 is 0. The van der Waals surface area contributed by atoms with Crippen molar-refractivity contribution in [3.05, 3.63) is 65.0 Å². The van der Waals surface area contributed by atoms with Gasteiger partial charge in [0.2, 0.25) is 0 Å². The molecule has 6 nitrogen and oxygen atoms in total. The van der Waals surface area contributed by atoms with Gasteiger partial charge in [-0.1, -0.05) is 29.8 Å². The standard InChI is InChI=1S/C19H23N3O3/c1-13-5-7-14(8-6-13)17(22(2)3)12-21-18(23)15-9-16(11-20-10-15)19(24)25-4/h5-11,17H,12H2,1-4H3,(H,21,23)/t17-/m1/s1. The third-order valence-corrected chi connectivity index (χ3v) is 3.96. The van der Waals surface area contributed by atoms with Crippen molar-refractivity contribution >= 4 is 11.9 Å². The maximum Gasteiger partial charge on any atom is 0.339 e. The smallest absolute Gasteiger partial charge is 0.339 e. The van der Waals surface area contributed by atoms with Crippen LogP contribution >= 0.6 is 0 Å². The van der Waals surface area contributed by atoms with E-state index in [0.29, 0.717) is 12.1 Å². The first kappa shape index (κ1) is 18.6. The number of benzene rings is 1. The van der Waals surface area contributed by atoms with Crippen LogP contribution in [0, 0.1) is 6.92 Å². The predicted octanol–water partition coefficient (Wildman–Crippen LogP) is 2.21. The second kappa shape index (κ2) is 8.39. The number of hydrogen-bond acceptors (Lipinski definition) is 5. The highest BCUT2D eigenvalue weighted by Crippen LogP contribution is 2.18. The van der Waals surface area contributed by atoms with E-state index in [4.69, 9.17) is 0 Å². The first-order valence-electron chi connectivity index (χ1n) is 7.97. The van der Waals surface area contributed by atoms with Gasteiger partial charge in [-0.15, -0.1) is 0 Å². The molecular weight excluding hydrogens is 318 g/mol. The molecule has 1 amide bonds. The number of hydrogen-bond donors (Lipinski definition) is 1. The molecule has 0 saturated heterocycles. The van der Waals surface area contributed by atoms with E-state index < -0.39 is 5.97 Å². The Balaban J connectivity index is 2.09. The summed E-state index contributed by atoms with van der Waals surface area (Å²) in [5, 5.41) is 2.90. The van der Waals surface area contributed by atoms with E-state index in [1.165, 1.54) is 31.1 Å². The Morgan fingerprint density at radius 1 is 1.16 bits per heavy atom. The Labute approximate surface area is 147 Å². The zero-order chi connectivity index (χ0) is 18.4. The Morgan fingerprint density at radius 3 is 2.40 bits per heavy atom. The molecule has 0 aliphatic heterocycles. The number of carbonyl (C=O) groups excluding carboxylic acids is 2. The third-order valence-electron chi connectivity index (χ3n) is 3.96. The molecule has 6 heteroatoms. The molecule has 0 spiro atoms. The van der Waals surface area contributed by atoms with E-state index in [9.17, 15) is 9.59 Å². The van der Waals surface area contributed by atoms with Gasteiger partial charge in [-0.25, -0.2) is 4.79 Å². The average molecular weight is 341 g/mol. The van der Waals surface area contributed by atoms with Crippen molar-refractivity contribution in [1.29, 1.82) is 0 Å².